The Bertz CT molecular complexity index is 653. The Morgan fingerprint density at radius 3 is 2.55 bits per heavy atom. The highest BCUT2D eigenvalue weighted by Gasteiger charge is 2.16. The fourth-order valence-corrected chi connectivity index (χ4v) is 2.26. The first-order valence-corrected chi connectivity index (χ1v) is 8.36. The minimum atomic E-state index is -3.22. The van der Waals surface area contributed by atoms with Gasteiger partial charge in [-0.3, -0.25) is 4.79 Å². The first kappa shape index (κ1) is 16.8. The highest BCUT2D eigenvalue weighted by molar-refractivity contribution is 7.90. The Kier molecular flexibility index (Phi) is 5.81. The number of amides is 1. The topological polar surface area (TPSA) is 87.0 Å². The molecule has 5 nitrogen and oxygen atoms in total. The molecule has 0 aliphatic carbocycles. The monoisotopic (exact) mass is 334 g/mol. The molecular weight excluding hydrogens is 323 g/mol. The van der Waals surface area contributed by atoms with Crippen molar-refractivity contribution in [1.29, 1.82) is 5.26 Å². The number of hydrogen-bond acceptors (Lipinski definition) is 4. The first-order chi connectivity index (χ1) is 9.23. The summed E-state index contributed by atoms with van der Waals surface area (Å²) in [5.74, 6) is -0.786. The van der Waals surface area contributed by atoms with E-state index in [0.29, 0.717) is 10.6 Å². The van der Waals surface area contributed by atoms with Crippen molar-refractivity contribution in [3.63, 3.8) is 0 Å². The largest absolute Gasteiger partial charge is 0.337 e. The van der Waals surface area contributed by atoms with Gasteiger partial charge in [0.05, 0.1) is 21.9 Å². The zero-order valence-electron chi connectivity index (χ0n) is 10.6. The van der Waals surface area contributed by atoms with Crippen LogP contribution in [0.3, 0.4) is 0 Å². The number of benzene rings is 1. The van der Waals surface area contributed by atoms with Gasteiger partial charge < -0.3 is 5.32 Å². The first-order valence-electron chi connectivity index (χ1n) is 5.54. The molecule has 1 rings (SSSR count). The fraction of sp³-hybridized carbons (Fsp3) is 0.333. The van der Waals surface area contributed by atoms with E-state index in [2.05, 4.69) is 5.32 Å². The van der Waals surface area contributed by atoms with E-state index in [1.807, 2.05) is 6.07 Å². The van der Waals surface area contributed by atoms with Crippen molar-refractivity contribution >= 4 is 38.9 Å². The van der Waals surface area contributed by atoms with Gasteiger partial charge in [0, 0.05) is 12.7 Å². The van der Waals surface area contributed by atoms with Gasteiger partial charge >= 0.3 is 0 Å². The molecular formula is C12H12Cl2N2O3S. The maximum absolute atomic E-state index is 11.6. The van der Waals surface area contributed by atoms with E-state index in [0.717, 1.165) is 6.26 Å². The van der Waals surface area contributed by atoms with E-state index in [1.165, 1.54) is 12.1 Å². The average molecular weight is 335 g/mol. The van der Waals surface area contributed by atoms with E-state index in [1.54, 1.807) is 6.07 Å². The van der Waals surface area contributed by atoms with Crippen molar-refractivity contribution in [2.75, 3.05) is 12.0 Å². The Hall–Kier alpha value is -1.29. The Balaban J connectivity index is 2.75. The van der Waals surface area contributed by atoms with Gasteiger partial charge in [0.2, 0.25) is 5.91 Å². The predicted molar refractivity (Wildman–Crippen MR) is 77.3 cm³/mol. The van der Waals surface area contributed by atoms with Crippen LogP contribution in [0.15, 0.2) is 18.2 Å². The van der Waals surface area contributed by atoms with Gasteiger partial charge in [-0.25, -0.2) is 8.42 Å². The van der Waals surface area contributed by atoms with E-state index in [4.69, 9.17) is 28.5 Å². The lowest BCUT2D eigenvalue weighted by Crippen LogP contribution is -2.29. The number of rotatable bonds is 5. The summed E-state index contributed by atoms with van der Waals surface area (Å²) in [5.41, 5.74) is 0.481. The van der Waals surface area contributed by atoms with E-state index in [-0.39, 0.29) is 17.2 Å². The maximum Gasteiger partial charge on any atom is 0.222 e. The number of carbonyl (C=O) groups is 1. The number of hydrogen-bond donors (Lipinski definition) is 1. The summed E-state index contributed by atoms with van der Waals surface area (Å²) < 4.78 is 21.9. The summed E-state index contributed by atoms with van der Waals surface area (Å²) in [7, 11) is -3.22. The number of nitrogens with zero attached hydrogens (tertiary/aromatic N) is 1. The molecule has 0 radical (unpaired) electrons. The van der Waals surface area contributed by atoms with Crippen LogP contribution in [0.25, 0.3) is 0 Å². The third kappa shape index (κ3) is 5.37. The second kappa shape index (κ2) is 6.93. The van der Waals surface area contributed by atoms with Gasteiger partial charge in [-0.2, -0.15) is 5.26 Å². The summed E-state index contributed by atoms with van der Waals surface area (Å²) in [6.45, 7) is 0. The summed E-state index contributed by atoms with van der Waals surface area (Å²) in [6, 6.07) is 5.57. The van der Waals surface area contributed by atoms with Crippen molar-refractivity contribution in [1.82, 2.24) is 5.32 Å². The van der Waals surface area contributed by atoms with Crippen molar-refractivity contribution in [2.24, 2.45) is 0 Å². The molecule has 0 aliphatic rings. The van der Waals surface area contributed by atoms with Gasteiger partial charge in [0.1, 0.15) is 15.9 Å². The fourth-order valence-electron chi connectivity index (χ4n) is 1.39. The number of nitrogens with one attached hydrogen (secondary N) is 1. The van der Waals surface area contributed by atoms with Gasteiger partial charge in [-0.05, 0) is 17.7 Å². The van der Waals surface area contributed by atoms with Gasteiger partial charge in [-0.15, -0.1) is 0 Å². The third-order valence-corrected chi connectivity index (χ3v) is 4.10. The van der Waals surface area contributed by atoms with Gasteiger partial charge in [0.25, 0.3) is 0 Å². The number of sulfone groups is 1. The van der Waals surface area contributed by atoms with Gasteiger partial charge in [0.15, 0.2) is 0 Å². The van der Waals surface area contributed by atoms with Crippen LogP contribution in [0.5, 0.6) is 0 Å². The number of halogens is 2. The lowest BCUT2D eigenvalue weighted by molar-refractivity contribution is -0.121. The molecule has 1 aromatic carbocycles. The molecule has 1 amide bonds. The molecule has 0 spiro atoms. The molecule has 0 saturated heterocycles. The molecule has 0 saturated carbocycles. The van der Waals surface area contributed by atoms with E-state index in [9.17, 15) is 13.2 Å². The zero-order valence-corrected chi connectivity index (χ0v) is 12.9. The van der Waals surface area contributed by atoms with Crippen LogP contribution in [-0.4, -0.2) is 26.3 Å². The zero-order chi connectivity index (χ0) is 15.3. The molecule has 0 aromatic heterocycles. The molecule has 1 aromatic rings. The van der Waals surface area contributed by atoms with Crippen LogP contribution >= 0.6 is 23.2 Å². The Labute approximate surface area is 127 Å². The molecule has 1 N–H and O–H groups in total. The molecule has 0 unspecified atom stereocenters. The normalized spacial score (nSPS) is 12.5. The second-order valence-electron chi connectivity index (χ2n) is 4.18. The second-order valence-corrected chi connectivity index (χ2v) is 7.26. The summed E-state index contributed by atoms with van der Waals surface area (Å²) in [5, 5.41) is 12.1. The predicted octanol–water partition coefficient (Wildman–Crippen LogP) is 2.11. The van der Waals surface area contributed by atoms with Crippen LogP contribution in [0.1, 0.15) is 18.0 Å². The highest BCUT2D eigenvalue weighted by Crippen LogP contribution is 2.25. The molecule has 1 atom stereocenters. The Morgan fingerprint density at radius 2 is 2.05 bits per heavy atom. The summed E-state index contributed by atoms with van der Waals surface area (Å²) in [6.07, 6.45) is 0.847. The summed E-state index contributed by atoms with van der Waals surface area (Å²) in [4.78, 5) is 11.6. The molecule has 0 aliphatic heterocycles. The van der Waals surface area contributed by atoms with Crippen LogP contribution in [0, 0.1) is 11.3 Å². The van der Waals surface area contributed by atoms with E-state index < -0.39 is 21.8 Å². The van der Waals surface area contributed by atoms with Crippen molar-refractivity contribution in [2.45, 2.75) is 12.5 Å². The lowest BCUT2D eigenvalue weighted by Gasteiger charge is -2.12. The van der Waals surface area contributed by atoms with Crippen LogP contribution in [0.4, 0.5) is 0 Å². The summed E-state index contributed by atoms with van der Waals surface area (Å²) >= 11 is 11.6. The molecule has 0 heterocycles. The Morgan fingerprint density at radius 1 is 1.40 bits per heavy atom. The number of carbonyl (C=O) groups excluding carboxylic acids is 1. The van der Waals surface area contributed by atoms with Crippen LogP contribution in [0.2, 0.25) is 10.0 Å². The quantitative estimate of drug-likeness (QED) is 0.893. The van der Waals surface area contributed by atoms with E-state index >= 15 is 0 Å². The maximum atomic E-state index is 11.6. The average Bonchev–Trinajstić information content (AvgIpc) is 2.36. The molecule has 0 bridgehead atoms. The van der Waals surface area contributed by atoms with Crippen LogP contribution < -0.4 is 5.32 Å². The third-order valence-electron chi connectivity index (χ3n) is 2.41. The molecule has 8 heteroatoms. The highest BCUT2D eigenvalue weighted by atomic mass is 35.5. The standard InChI is InChI=1S/C12H12Cl2N2O3S/c1-20(18,19)5-4-12(17)16-11(7-15)8-2-3-9(13)10(14)6-8/h2-3,6,11H,4-5H2,1H3,(H,16,17)/t11-/m0/s1. The molecule has 20 heavy (non-hydrogen) atoms. The minimum Gasteiger partial charge on any atom is -0.337 e. The van der Waals surface area contributed by atoms with Crippen LogP contribution in [-0.2, 0) is 14.6 Å². The SMILES string of the molecule is CS(=O)(=O)CCC(=O)N[C@@H](C#N)c1ccc(Cl)c(Cl)c1. The van der Waals surface area contributed by atoms with Crippen molar-refractivity contribution in [3.8, 4) is 6.07 Å². The number of nitriles is 1. The van der Waals surface area contributed by atoms with Gasteiger partial charge in [-0.1, -0.05) is 29.3 Å². The lowest BCUT2D eigenvalue weighted by atomic mass is 10.1. The molecule has 108 valence electrons. The minimum absolute atomic E-state index is 0.196. The molecule has 0 fully saturated rings. The smallest absolute Gasteiger partial charge is 0.222 e. The van der Waals surface area contributed by atoms with Crippen molar-refractivity contribution < 1.29 is 13.2 Å². The van der Waals surface area contributed by atoms with Crippen molar-refractivity contribution in [3.05, 3.63) is 33.8 Å².